The van der Waals surface area contributed by atoms with Crippen LogP contribution in [0.15, 0.2) is 11.2 Å². The molecular formula is C16H31N5. The van der Waals surface area contributed by atoms with Gasteiger partial charge in [0.1, 0.15) is 0 Å². The zero-order valence-electron chi connectivity index (χ0n) is 14.6. The van der Waals surface area contributed by atoms with Crippen LogP contribution in [0.4, 0.5) is 0 Å². The summed E-state index contributed by atoms with van der Waals surface area (Å²) in [6, 6.07) is 0. The number of hydrogen-bond donors (Lipinski definition) is 1. The van der Waals surface area contributed by atoms with E-state index in [2.05, 4.69) is 63.2 Å². The van der Waals surface area contributed by atoms with Crippen LogP contribution in [0.3, 0.4) is 0 Å². The summed E-state index contributed by atoms with van der Waals surface area (Å²) in [7, 11) is 4.06. The Hall–Kier alpha value is -1.52. The topological polar surface area (TPSA) is 45.5 Å². The predicted octanol–water partition coefficient (Wildman–Crippen LogP) is 2.60. The zero-order valence-corrected chi connectivity index (χ0v) is 14.6. The molecule has 5 heteroatoms. The third kappa shape index (κ3) is 5.40. The van der Waals surface area contributed by atoms with E-state index in [0.717, 1.165) is 25.6 Å². The van der Waals surface area contributed by atoms with Crippen LogP contribution in [-0.2, 0) is 13.6 Å². The normalized spacial score (nSPS) is 12.3. The molecule has 0 aliphatic carbocycles. The Labute approximate surface area is 129 Å². The highest BCUT2D eigenvalue weighted by atomic mass is 15.3. The van der Waals surface area contributed by atoms with Crippen molar-refractivity contribution in [3.63, 3.8) is 0 Å². The highest BCUT2D eigenvalue weighted by Crippen LogP contribution is 2.18. The Bertz CT molecular complexity index is 459. The maximum atomic E-state index is 4.69. The molecule has 1 N–H and O–H groups in total. The number of aromatic nitrogens is 2. The van der Waals surface area contributed by atoms with Crippen molar-refractivity contribution in [1.82, 2.24) is 20.0 Å². The molecule has 1 aromatic heterocycles. The van der Waals surface area contributed by atoms with Gasteiger partial charge in [-0.15, -0.1) is 0 Å². The van der Waals surface area contributed by atoms with Crippen LogP contribution in [0.1, 0.15) is 51.8 Å². The van der Waals surface area contributed by atoms with Crippen LogP contribution >= 0.6 is 0 Å². The Morgan fingerprint density at radius 1 is 1.38 bits per heavy atom. The maximum absolute atomic E-state index is 4.69. The smallest absolute Gasteiger partial charge is 0.193 e. The molecule has 0 unspecified atom stereocenters. The third-order valence-corrected chi connectivity index (χ3v) is 3.19. The summed E-state index contributed by atoms with van der Waals surface area (Å²) in [5.74, 6) is 1.96. The van der Waals surface area contributed by atoms with Crippen LogP contribution in [0.25, 0.3) is 0 Å². The van der Waals surface area contributed by atoms with Gasteiger partial charge in [0.25, 0.3) is 0 Å². The van der Waals surface area contributed by atoms with Gasteiger partial charge in [0.15, 0.2) is 5.96 Å². The molecule has 1 aromatic rings. The quantitative estimate of drug-likeness (QED) is 0.648. The fourth-order valence-electron chi connectivity index (χ4n) is 2.23. The van der Waals surface area contributed by atoms with Crippen molar-refractivity contribution in [2.24, 2.45) is 18.0 Å². The lowest BCUT2D eigenvalue weighted by molar-refractivity contribution is 0.470. The summed E-state index contributed by atoms with van der Waals surface area (Å²) in [4.78, 5) is 6.87. The minimum Gasteiger partial charge on any atom is -0.357 e. The molecule has 0 radical (unpaired) electrons. The predicted molar refractivity (Wildman–Crippen MR) is 89.6 cm³/mol. The highest BCUT2D eigenvalue weighted by Gasteiger charge is 2.15. The van der Waals surface area contributed by atoms with Crippen LogP contribution in [0, 0.1) is 5.92 Å². The van der Waals surface area contributed by atoms with E-state index in [1.807, 2.05) is 11.7 Å². The van der Waals surface area contributed by atoms with Gasteiger partial charge in [0, 0.05) is 45.5 Å². The van der Waals surface area contributed by atoms with Crippen molar-refractivity contribution in [3.05, 3.63) is 17.5 Å². The second kappa shape index (κ2) is 8.05. The molecule has 0 amide bonds. The van der Waals surface area contributed by atoms with Gasteiger partial charge in [0.05, 0.1) is 5.69 Å². The van der Waals surface area contributed by atoms with Gasteiger partial charge in [-0.2, -0.15) is 5.10 Å². The molecule has 0 fully saturated rings. The fraction of sp³-hybridized carbons (Fsp3) is 0.750. The summed E-state index contributed by atoms with van der Waals surface area (Å²) in [5, 5.41) is 7.93. The van der Waals surface area contributed by atoms with E-state index in [4.69, 9.17) is 4.99 Å². The SMILES string of the molecule is CCNC(=NCC(C)C)N(C)Cc1cn(C)nc1C(C)C. The first kappa shape index (κ1) is 17.5. The Balaban J connectivity index is 2.86. The van der Waals surface area contributed by atoms with Gasteiger partial charge in [0.2, 0.25) is 0 Å². The fourth-order valence-corrected chi connectivity index (χ4v) is 2.23. The minimum atomic E-state index is 0.435. The van der Waals surface area contributed by atoms with Gasteiger partial charge in [-0.25, -0.2) is 0 Å². The number of nitrogens with zero attached hydrogens (tertiary/aromatic N) is 4. The van der Waals surface area contributed by atoms with Gasteiger partial charge < -0.3 is 10.2 Å². The monoisotopic (exact) mass is 293 g/mol. The van der Waals surface area contributed by atoms with Gasteiger partial charge in [-0.05, 0) is 18.8 Å². The highest BCUT2D eigenvalue weighted by molar-refractivity contribution is 5.79. The average molecular weight is 293 g/mol. The third-order valence-electron chi connectivity index (χ3n) is 3.19. The van der Waals surface area contributed by atoms with Crippen molar-refractivity contribution in [3.8, 4) is 0 Å². The Morgan fingerprint density at radius 2 is 2.05 bits per heavy atom. The van der Waals surface area contributed by atoms with Crippen LogP contribution < -0.4 is 5.32 Å². The molecule has 1 rings (SSSR count). The van der Waals surface area contributed by atoms with E-state index in [1.165, 1.54) is 11.3 Å². The summed E-state index contributed by atoms with van der Waals surface area (Å²) in [6.07, 6.45) is 2.11. The van der Waals surface area contributed by atoms with Crippen molar-refractivity contribution < 1.29 is 0 Å². The molecule has 0 bridgehead atoms. The molecule has 1 heterocycles. The minimum absolute atomic E-state index is 0.435. The molecule has 0 aliphatic heterocycles. The lowest BCUT2D eigenvalue weighted by Gasteiger charge is -2.22. The molecule has 0 atom stereocenters. The van der Waals surface area contributed by atoms with Gasteiger partial charge >= 0.3 is 0 Å². The Kier molecular flexibility index (Phi) is 6.72. The van der Waals surface area contributed by atoms with Crippen molar-refractivity contribution in [1.29, 1.82) is 0 Å². The van der Waals surface area contributed by atoms with Crippen LogP contribution in [-0.4, -0.2) is 40.8 Å². The molecule has 0 saturated heterocycles. The number of nitrogens with one attached hydrogen (secondary N) is 1. The van der Waals surface area contributed by atoms with Gasteiger partial charge in [-0.3, -0.25) is 9.67 Å². The number of guanidine groups is 1. The largest absolute Gasteiger partial charge is 0.357 e. The van der Waals surface area contributed by atoms with E-state index in [1.54, 1.807) is 0 Å². The van der Waals surface area contributed by atoms with Crippen molar-refractivity contribution >= 4 is 5.96 Å². The second-order valence-electron chi connectivity index (χ2n) is 6.31. The first-order valence-electron chi connectivity index (χ1n) is 7.87. The van der Waals surface area contributed by atoms with Gasteiger partial charge in [-0.1, -0.05) is 27.7 Å². The van der Waals surface area contributed by atoms with E-state index >= 15 is 0 Å². The first-order valence-corrected chi connectivity index (χ1v) is 7.87. The van der Waals surface area contributed by atoms with E-state index < -0.39 is 0 Å². The molecular weight excluding hydrogens is 262 g/mol. The lowest BCUT2D eigenvalue weighted by Crippen LogP contribution is -2.38. The van der Waals surface area contributed by atoms with Crippen molar-refractivity contribution in [2.45, 2.75) is 47.1 Å². The lowest BCUT2D eigenvalue weighted by atomic mass is 10.1. The summed E-state index contributed by atoms with van der Waals surface area (Å²) >= 11 is 0. The molecule has 0 aromatic carbocycles. The molecule has 5 nitrogen and oxygen atoms in total. The number of hydrogen-bond acceptors (Lipinski definition) is 2. The molecule has 0 spiro atoms. The average Bonchev–Trinajstić information content (AvgIpc) is 2.75. The summed E-state index contributed by atoms with van der Waals surface area (Å²) < 4.78 is 1.90. The number of aryl methyl sites for hydroxylation is 1. The van der Waals surface area contributed by atoms with E-state index in [-0.39, 0.29) is 0 Å². The zero-order chi connectivity index (χ0) is 16.0. The Morgan fingerprint density at radius 3 is 2.57 bits per heavy atom. The van der Waals surface area contributed by atoms with E-state index in [0.29, 0.717) is 11.8 Å². The van der Waals surface area contributed by atoms with Crippen LogP contribution in [0.2, 0.25) is 0 Å². The molecule has 0 aliphatic rings. The number of rotatable bonds is 6. The molecule has 21 heavy (non-hydrogen) atoms. The molecule has 0 saturated carbocycles. The standard InChI is InChI=1S/C16H31N5/c1-8-17-16(18-9-12(2)3)20(6)10-14-11-21(7)19-15(14)13(4)5/h11-13H,8-10H2,1-7H3,(H,17,18). The second-order valence-corrected chi connectivity index (χ2v) is 6.31. The summed E-state index contributed by atoms with van der Waals surface area (Å²) in [5.41, 5.74) is 2.44. The van der Waals surface area contributed by atoms with Crippen LogP contribution in [0.5, 0.6) is 0 Å². The molecule has 120 valence electrons. The number of aliphatic imine (C=N–C) groups is 1. The maximum Gasteiger partial charge on any atom is 0.193 e. The van der Waals surface area contributed by atoms with Crippen molar-refractivity contribution in [2.75, 3.05) is 20.1 Å². The first-order chi connectivity index (χ1) is 9.85. The summed E-state index contributed by atoms with van der Waals surface area (Å²) in [6.45, 7) is 13.4. The van der Waals surface area contributed by atoms with E-state index in [9.17, 15) is 0 Å².